The maximum absolute atomic E-state index is 12.9. The van der Waals surface area contributed by atoms with Crippen molar-refractivity contribution in [1.29, 1.82) is 0 Å². The van der Waals surface area contributed by atoms with E-state index in [4.69, 9.17) is 9.47 Å². The molecule has 33 heavy (non-hydrogen) atoms. The lowest BCUT2D eigenvalue weighted by molar-refractivity contribution is -0.128. The maximum atomic E-state index is 12.9. The summed E-state index contributed by atoms with van der Waals surface area (Å²) in [5.74, 6) is -0.753. The van der Waals surface area contributed by atoms with Gasteiger partial charge in [-0.15, -0.1) is 0 Å². The molecule has 0 unspecified atom stereocenters. The molecule has 0 saturated heterocycles. The molecule has 0 radical (unpaired) electrons. The molecule has 7 heteroatoms. The Hall–Kier alpha value is -3.61. The molecule has 2 amide bonds. The van der Waals surface area contributed by atoms with Gasteiger partial charge in [-0.1, -0.05) is 55.7 Å². The van der Waals surface area contributed by atoms with Crippen molar-refractivity contribution in [3.63, 3.8) is 0 Å². The first-order valence-corrected chi connectivity index (χ1v) is 11.2. The fourth-order valence-electron chi connectivity index (χ4n) is 3.74. The fraction of sp³-hybridized carbons (Fsp3) is 0.346. The molecule has 1 atom stereocenters. The zero-order valence-electron chi connectivity index (χ0n) is 18.8. The topological polar surface area (TPSA) is 93.7 Å². The number of carbonyl (C=O) groups excluding carboxylic acids is 3. The molecule has 2 aromatic carbocycles. The second-order valence-corrected chi connectivity index (χ2v) is 7.94. The zero-order chi connectivity index (χ0) is 23.5. The number of nitrogens with one attached hydrogen (secondary N) is 2. The predicted octanol–water partition coefficient (Wildman–Crippen LogP) is 3.50. The zero-order valence-corrected chi connectivity index (χ0v) is 18.8. The van der Waals surface area contributed by atoms with Gasteiger partial charge in [0.1, 0.15) is 18.4 Å². The number of esters is 1. The number of benzene rings is 2. The summed E-state index contributed by atoms with van der Waals surface area (Å²) in [6.07, 6.45) is 8.04. The summed E-state index contributed by atoms with van der Waals surface area (Å²) in [6.45, 7) is -0.263. The number of hydrogen-bond acceptors (Lipinski definition) is 5. The lowest BCUT2D eigenvalue weighted by atomic mass is 9.95. The van der Waals surface area contributed by atoms with Crippen molar-refractivity contribution in [2.45, 2.75) is 44.2 Å². The molecule has 2 aromatic rings. The largest absolute Gasteiger partial charge is 0.496 e. The lowest BCUT2D eigenvalue weighted by Gasteiger charge is -2.25. The molecule has 2 N–H and O–H groups in total. The van der Waals surface area contributed by atoms with Crippen LogP contribution < -0.4 is 15.4 Å². The van der Waals surface area contributed by atoms with Crippen LogP contribution in [0.15, 0.2) is 60.7 Å². The molecule has 1 fully saturated rings. The lowest BCUT2D eigenvalue weighted by Crippen LogP contribution is -2.52. The van der Waals surface area contributed by atoms with Crippen LogP contribution in [0.1, 0.15) is 48.0 Å². The van der Waals surface area contributed by atoms with Gasteiger partial charge in [-0.2, -0.15) is 0 Å². The Kier molecular flexibility index (Phi) is 9.06. The van der Waals surface area contributed by atoms with Gasteiger partial charge >= 0.3 is 5.97 Å². The van der Waals surface area contributed by atoms with Crippen molar-refractivity contribution in [2.75, 3.05) is 13.7 Å². The van der Waals surface area contributed by atoms with E-state index in [0.29, 0.717) is 11.3 Å². The summed E-state index contributed by atoms with van der Waals surface area (Å²) in [7, 11) is 1.56. The Balaban J connectivity index is 1.65. The third-order valence-corrected chi connectivity index (χ3v) is 5.53. The molecular weight excluding hydrogens is 420 g/mol. The predicted molar refractivity (Wildman–Crippen MR) is 126 cm³/mol. The van der Waals surface area contributed by atoms with Crippen LogP contribution in [0.4, 0.5) is 0 Å². The number of methoxy groups -OCH3 is 1. The van der Waals surface area contributed by atoms with Gasteiger partial charge in [0.15, 0.2) is 0 Å². The number of hydrogen-bond donors (Lipinski definition) is 2. The third-order valence-electron chi connectivity index (χ3n) is 5.53. The third kappa shape index (κ3) is 7.49. The minimum atomic E-state index is -1.01. The van der Waals surface area contributed by atoms with Crippen LogP contribution in [-0.2, 0) is 14.3 Å². The van der Waals surface area contributed by atoms with Gasteiger partial charge in [0, 0.05) is 17.7 Å². The molecule has 1 saturated carbocycles. The first-order chi connectivity index (χ1) is 16.1. The van der Waals surface area contributed by atoms with E-state index >= 15 is 0 Å². The molecule has 0 bridgehead atoms. The second-order valence-electron chi connectivity index (χ2n) is 7.94. The Bertz CT molecular complexity index is 968. The molecule has 0 aliphatic heterocycles. The molecule has 0 spiro atoms. The van der Waals surface area contributed by atoms with Gasteiger partial charge in [-0.25, -0.2) is 4.79 Å². The second kappa shape index (κ2) is 12.4. The van der Waals surface area contributed by atoms with Crippen LogP contribution in [0.2, 0.25) is 0 Å². The van der Waals surface area contributed by atoms with Gasteiger partial charge in [0.25, 0.3) is 0 Å². The Morgan fingerprint density at radius 1 is 1.00 bits per heavy atom. The number of ether oxygens (including phenoxy) is 2. The molecule has 7 nitrogen and oxygen atoms in total. The van der Waals surface area contributed by atoms with Gasteiger partial charge in [0.05, 0.1) is 12.7 Å². The minimum absolute atomic E-state index is 0.0691. The highest BCUT2D eigenvalue weighted by Crippen LogP contribution is 2.19. The van der Waals surface area contributed by atoms with E-state index in [1.54, 1.807) is 49.6 Å². The smallest absolute Gasteiger partial charge is 0.338 e. The summed E-state index contributed by atoms with van der Waals surface area (Å²) in [5.41, 5.74) is 1.11. The van der Waals surface area contributed by atoms with E-state index in [9.17, 15) is 14.4 Å². The molecule has 1 aliphatic carbocycles. The summed E-state index contributed by atoms with van der Waals surface area (Å²) in [5, 5.41) is 5.66. The van der Waals surface area contributed by atoms with Crippen LogP contribution in [0, 0.1) is 0 Å². The number of carbonyl (C=O) groups is 3. The Morgan fingerprint density at radius 2 is 1.70 bits per heavy atom. The van der Waals surface area contributed by atoms with E-state index in [1.807, 2.05) is 18.2 Å². The summed E-state index contributed by atoms with van der Waals surface area (Å²) >= 11 is 0. The van der Waals surface area contributed by atoms with Crippen molar-refractivity contribution < 1.29 is 23.9 Å². The van der Waals surface area contributed by atoms with Crippen molar-refractivity contribution in [3.05, 3.63) is 71.8 Å². The van der Waals surface area contributed by atoms with Crippen LogP contribution in [0.25, 0.3) is 6.08 Å². The van der Waals surface area contributed by atoms with Crippen LogP contribution in [0.5, 0.6) is 5.75 Å². The quantitative estimate of drug-likeness (QED) is 0.451. The van der Waals surface area contributed by atoms with Crippen molar-refractivity contribution in [1.82, 2.24) is 10.6 Å². The SMILES string of the molecule is COc1ccccc1/C=C/C(=O)N[C@@H](COC(=O)c1ccccc1)C(=O)NC1CCCCC1. The maximum Gasteiger partial charge on any atom is 0.338 e. The van der Waals surface area contributed by atoms with E-state index in [2.05, 4.69) is 10.6 Å². The standard InChI is InChI=1S/C26H30N2O5/c1-32-23-15-9-8-10-19(23)16-17-24(29)28-22(25(30)27-21-13-6-3-7-14-21)18-33-26(31)20-11-4-2-5-12-20/h2,4-5,8-12,15-17,21-22H,3,6-7,13-14,18H2,1H3,(H,27,30)(H,28,29)/b17-16+/t22-/m0/s1. The Labute approximate surface area is 194 Å². The average Bonchev–Trinajstić information content (AvgIpc) is 2.86. The van der Waals surface area contributed by atoms with E-state index in [-0.39, 0.29) is 18.6 Å². The number of para-hydroxylation sites is 1. The monoisotopic (exact) mass is 450 g/mol. The molecule has 3 rings (SSSR count). The first kappa shape index (κ1) is 24.0. The number of amides is 2. The van der Waals surface area contributed by atoms with Crippen LogP contribution >= 0.6 is 0 Å². The van der Waals surface area contributed by atoms with Crippen LogP contribution in [-0.4, -0.2) is 43.6 Å². The highest BCUT2D eigenvalue weighted by molar-refractivity contribution is 5.96. The highest BCUT2D eigenvalue weighted by Gasteiger charge is 2.25. The highest BCUT2D eigenvalue weighted by atomic mass is 16.5. The molecule has 174 valence electrons. The Morgan fingerprint density at radius 3 is 2.42 bits per heavy atom. The van der Waals surface area contributed by atoms with Gasteiger partial charge < -0.3 is 20.1 Å². The minimum Gasteiger partial charge on any atom is -0.496 e. The van der Waals surface area contributed by atoms with Crippen molar-refractivity contribution >= 4 is 23.9 Å². The van der Waals surface area contributed by atoms with Gasteiger partial charge in [-0.05, 0) is 37.1 Å². The normalized spacial score (nSPS) is 14.9. The van der Waals surface area contributed by atoms with Gasteiger partial charge in [0.2, 0.25) is 11.8 Å². The molecule has 0 heterocycles. The average molecular weight is 451 g/mol. The summed E-state index contributed by atoms with van der Waals surface area (Å²) in [6, 6.07) is 14.9. The van der Waals surface area contributed by atoms with Crippen LogP contribution in [0.3, 0.4) is 0 Å². The first-order valence-electron chi connectivity index (χ1n) is 11.2. The molecular formula is C26H30N2O5. The van der Waals surface area contributed by atoms with E-state index < -0.39 is 17.9 Å². The van der Waals surface area contributed by atoms with Crippen molar-refractivity contribution in [2.24, 2.45) is 0 Å². The summed E-state index contributed by atoms with van der Waals surface area (Å²) in [4.78, 5) is 37.8. The summed E-state index contributed by atoms with van der Waals surface area (Å²) < 4.78 is 10.6. The molecule has 0 aromatic heterocycles. The molecule has 1 aliphatic rings. The van der Waals surface area contributed by atoms with E-state index in [0.717, 1.165) is 37.7 Å². The number of rotatable bonds is 9. The fourth-order valence-corrected chi connectivity index (χ4v) is 3.74. The van der Waals surface area contributed by atoms with Gasteiger partial charge in [-0.3, -0.25) is 9.59 Å². The van der Waals surface area contributed by atoms with Crippen molar-refractivity contribution in [3.8, 4) is 5.75 Å². The van der Waals surface area contributed by atoms with E-state index in [1.165, 1.54) is 6.08 Å².